The van der Waals surface area contributed by atoms with Gasteiger partial charge in [0.25, 0.3) is 0 Å². The van der Waals surface area contributed by atoms with Crippen LogP contribution in [0, 0.1) is 5.82 Å². The molecule has 0 aliphatic rings. The van der Waals surface area contributed by atoms with Crippen molar-refractivity contribution in [3.05, 3.63) is 29.6 Å². The largest absolute Gasteiger partial charge is 0.508 e. The van der Waals surface area contributed by atoms with Crippen LogP contribution in [0.1, 0.15) is 18.5 Å². The molecule has 1 aromatic rings. The summed E-state index contributed by atoms with van der Waals surface area (Å²) in [4.78, 5) is 10.6. The van der Waals surface area contributed by atoms with Gasteiger partial charge in [-0.05, 0) is 13.0 Å². The Balaban J connectivity index is 2.64. The lowest BCUT2D eigenvalue weighted by Crippen LogP contribution is -2.38. The van der Waals surface area contributed by atoms with E-state index in [-0.39, 0.29) is 12.3 Å². The third-order valence-corrected chi connectivity index (χ3v) is 2.40. The molecular weight excluding hydrogens is 227 g/mol. The minimum atomic E-state index is -1.31. The highest BCUT2D eigenvalue weighted by Gasteiger charge is 2.15. The summed E-state index contributed by atoms with van der Waals surface area (Å²) in [5.74, 6) is -1.55. The Morgan fingerprint density at radius 2 is 2.24 bits per heavy atom. The SMILES string of the molecule is CC(NCC(O)C(N)=O)c1ccc(O)cc1F. The Labute approximate surface area is 98.1 Å². The lowest BCUT2D eigenvalue weighted by molar-refractivity contribution is -0.125. The number of nitrogens with two attached hydrogens (primary N) is 1. The van der Waals surface area contributed by atoms with Gasteiger partial charge >= 0.3 is 0 Å². The molecule has 0 saturated heterocycles. The van der Waals surface area contributed by atoms with Gasteiger partial charge in [-0.15, -0.1) is 0 Å². The van der Waals surface area contributed by atoms with Crippen molar-refractivity contribution < 1.29 is 19.4 Å². The minimum Gasteiger partial charge on any atom is -0.508 e. The van der Waals surface area contributed by atoms with Gasteiger partial charge in [-0.25, -0.2) is 4.39 Å². The van der Waals surface area contributed by atoms with Gasteiger partial charge in [-0.2, -0.15) is 0 Å². The van der Waals surface area contributed by atoms with Crippen LogP contribution in [0.3, 0.4) is 0 Å². The van der Waals surface area contributed by atoms with Crippen LogP contribution < -0.4 is 11.1 Å². The molecule has 0 heterocycles. The molecule has 5 nitrogen and oxygen atoms in total. The number of amides is 1. The molecule has 0 aromatic heterocycles. The van der Waals surface area contributed by atoms with Crippen LogP contribution in [-0.4, -0.2) is 28.8 Å². The Kier molecular flexibility index (Phi) is 4.42. The number of aliphatic hydroxyl groups is 1. The lowest BCUT2D eigenvalue weighted by Gasteiger charge is -2.16. The molecule has 1 amide bonds. The Morgan fingerprint density at radius 3 is 2.76 bits per heavy atom. The van der Waals surface area contributed by atoms with E-state index in [0.29, 0.717) is 5.56 Å². The average molecular weight is 242 g/mol. The van der Waals surface area contributed by atoms with Crippen LogP contribution >= 0.6 is 0 Å². The zero-order valence-corrected chi connectivity index (χ0v) is 9.35. The molecule has 94 valence electrons. The van der Waals surface area contributed by atoms with Crippen molar-refractivity contribution in [1.29, 1.82) is 0 Å². The number of aliphatic hydroxyl groups excluding tert-OH is 1. The molecule has 6 heteroatoms. The fourth-order valence-corrected chi connectivity index (χ4v) is 1.37. The monoisotopic (exact) mass is 242 g/mol. The highest BCUT2D eigenvalue weighted by molar-refractivity contribution is 5.78. The smallest absolute Gasteiger partial charge is 0.247 e. The second-order valence-electron chi connectivity index (χ2n) is 3.75. The summed E-state index contributed by atoms with van der Waals surface area (Å²) in [6.07, 6.45) is -1.31. The Morgan fingerprint density at radius 1 is 1.59 bits per heavy atom. The Bertz CT molecular complexity index is 412. The molecule has 0 fully saturated rings. The number of phenolic OH excluding ortho intramolecular Hbond substituents is 1. The first-order valence-corrected chi connectivity index (χ1v) is 5.11. The number of phenols is 1. The van der Waals surface area contributed by atoms with Crippen LogP contribution in [0.5, 0.6) is 5.75 Å². The van der Waals surface area contributed by atoms with Crippen molar-refractivity contribution in [1.82, 2.24) is 5.32 Å². The number of rotatable bonds is 5. The molecule has 2 unspecified atom stereocenters. The predicted octanol–water partition coefficient (Wildman–Crippen LogP) is 0.0281. The molecule has 5 N–H and O–H groups in total. The summed E-state index contributed by atoms with van der Waals surface area (Å²) in [6, 6.07) is 3.38. The second kappa shape index (κ2) is 5.60. The second-order valence-corrected chi connectivity index (χ2v) is 3.75. The van der Waals surface area contributed by atoms with Gasteiger partial charge in [0.15, 0.2) is 0 Å². The van der Waals surface area contributed by atoms with Gasteiger partial charge in [0, 0.05) is 24.2 Å². The van der Waals surface area contributed by atoms with E-state index >= 15 is 0 Å². The standard InChI is InChI=1S/C11H15FN2O3/c1-6(14-5-10(16)11(13)17)8-3-2-7(15)4-9(8)12/h2-4,6,10,14-16H,5H2,1H3,(H2,13,17). The van der Waals surface area contributed by atoms with Crippen LogP contribution in [0.25, 0.3) is 0 Å². The lowest BCUT2D eigenvalue weighted by atomic mass is 10.1. The van der Waals surface area contributed by atoms with E-state index in [4.69, 9.17) is 15.9 Å². The van der Waals surface area contributed by atoms with E-state index in [1.807, 2.05) is 0 Å². The molecule has 2 atom stereocenters. The van der Waals surface area contributed by atoms with Gasteiger partial charge in [-0.3, -0.25) is 4.79 Å². The van der Waals surface area contributed by atoms with Crippen LogP contribution in [-0.2, 0) is 4.79 Å². The Hall–Kier alpha value is -1.66. The average Bonchev–Trinajstić information content (AvgIpc) is 2.25. The molecule has 17 heavy (non-hydrogen) atoms. The van der Waals surface area contributed by atoms with E-state index in [9.17, 15) is 9.18 Å². The van der Waals surface area contributed by atoms with Crippen molar-refractivity contribution in [2.24, 2.45) is 5.73 Å². The maximum absolute atomic E-state index is 13.4. The highest BCUT2D eigenvalue weighted by atomic mass is 19.1. The maximum Gasteiger partial charge on any atom is 0.247 e. The van der Waals surface area contributed by atoms with Crippen LogP contribution in [0.15, 0.2) is 18.2 Å². The summed E-state index contributed by atoms with van der Waals surface area (Å²) >= 11 is 0. The highest BCUT2D eigenvalue weighted by Crippen LogP contribution is 2.20. The van der Waals surface area contributed by atoms with E-state index in [2.05, 4.69) is 5.32 Å². The number of halogens is 1. The summed E-state index contributed by atoms with van der Waals surface area (Å²) in [6.45, 7) is 1.61. The number of aromatic hydroxyl groups is 1. The van der Waals surface area contributed by atoms with E-state index < -0.39 is 23.9 Å². The molecule has 0 aliphatic carbocycles. The fraction of sp³-hybridized carbons (Fsp3) is 0.364. The van der Waals surface area contributed by atoms with Crippen LogP contribution in [0.2, 0.25) is 0 Å². The van der Waals surface area contributed by atoms with Crippen molar-refractivity contribution in [2.75, 3.05) is 6.54 Å². The van der Waals surface area contributed by atoms with Crippen LogP contribution in [0.4, 0.5) is 4.39 Å². The summed E-state index contributed by atoms with van der Waals surface area (Å²) in [5, 5.41) is 21.0. The molecular formula is C11H15FN2O3. The van der Waals surface area contributed by atoms with Gasteiger partial charge < -0.3 is 21.3 Å². The van der Waals surface area contributed by atoms with E-state index in [1.165, 1.54) is 12.1 Å². The summed E-state index contributed by atoms with van der Waals surface area (Å²) in [7, 11) is 0. The molecule has 0 spiro atoms. The molecule has 0 saturated carbocycles. The van der Waals surface area contributed by atoms with Gasteiger partial charge in [-0.1, -0.05) is 6.07 Å². The van der Waals surface area contributed by atoms with Gasteiger partial charge in [0.05, 0.1) is 0 Å². The minimum absolute atomic E-state index is 0.0587. The number of nitrogens with one attached hydrogen (secondary N) is 1. The van der Waals surface area contributed by atoms with Crippen molar-refractivity contribution in [3.63, 3.8) is 0 Å². The molecule has 0 radical (unpaired) electrons. The maximum atomic E-state index is 13.4. The van der Waals surface area contributed by atoms with Crippen molar-refractivity contribution in [2.45, 2.75) is 19.1 Å². The normalized spacial score (nSPS) is 14.3. The number of primary amides is 1. The molecule has 1 aromatic carbocycles. The number of benzene rings is 1. The van der Waals surface area contributed by atoms with E-state index in [1.54, 1.807) is 6.92 Å². The number of hydrogen-bond donors (Lipinski definition) is 4. The number of carbonyl (C=O) groups excluding carboxylic acids is 1. The third kappa shape index (κ3) is 3.69. The first-order valence-electron chi connectivity index (χ1n) is 5.11. The topological polar surface area (TPSA) is 95.6 Å². The summed E-state index contributed by atoms with van der Waals surface area (Å²) < 4.78 is 13.4. The number of carbonyl (C=O) groups is 1. The van der Waals surface area contributed by atoms with Crippen molar-refractivity contribution >= 4 is 5.91 Å². The zero-order valence-electron chi connectivity index (χ0n) is 9.35. The third-order valence-electron chi connectivity index (χ3n) is 2.40. The summed E-state index contributed by atoms with van der Waals surface area (Å²) in [5.41, 5.74) is 5.21. The van der Waals surface area contributed by atoms with Gasteiger partial charge in [0.2, 0.25) is 5.91 Å². The zero-order chi connectivity index (χ0) is 13.0. The van der Waals surface area contributed by atoms with Gasteiger partial charge in [0.1, 0.15) is 17.7 Å². The predicted molar refractivity (Wildman–Crippen MR) is 59.7 cm³/mol. The molecule has 1 rings (SSSR count). The first-order chi connectivity index (χ1) is 7.91. The number of hydrogen-bond acceptors (Lipinski definition) is 4. The molecule has 0 aliphatic heterocycles. The van der Waals surface area contributed by atoms with Crippen molar-refractivity contribution in [3.8, 4) is 5.75 Å². The molecule has 0 bridgehead atoms. The van der Waals surface area contributed by atoms with E-state index in [0.717, 1.165) is 6.07 Å². The fourth-order valence-electron chi connectivity index (χ4n) is 1.37. The first kappa shape index (κ1) is 13.4. The quantitative estimate of drug-likeness (QED) is 0.585.